The van der Waals surface area contributed by atoms with Crippen molar-refractivity contribution in [3.05, 3.63) is 53.6 Å². The van der Waals surface area contributed by atoms with Crippen molar-refractivity contribution in [2.75, 3.05) is 37.7 Å². The summed E-state index contributed by atoms with van der Waals surface area (Å²) >= 11 is 0. The molecule has 28 heavy (non-hydrogen) atoms. The lowest BCUT2D eigenvalue weighted by atomic mass is 10.0. The van der Waals surface area contributed by atoms with E-state index in [-0.39, 0.29) is 5.91 Å². The summed E-state index contributed by atoms with van der Waals surface area (Å²) < 4.78 is 11.2. The van der Waals surface area contributed by atoms with Crippen LogP contribution in [0.25, 0.3) is 0 Å². The van der Waals surface area contributed by atoms with Crippen LogP contribution in [0.1, 0.15) is 42.6 Å². The van der Waals surface area contributed by atoms with E-state index in [0.717, 1.165) is 25.9 Å². The third-order valence-electron chi connectivity index (χ3n) is 4.90. The number of hydrogen-bond acceptors (Lipinski definition) is 4. The number of ether oxygens (including phenoxy) is 2. The van der Waals surface area contributed by atoms with E-state index in [1.54, 1.807) is 18.2 Å². The molecule has 0 saturated heterocycles. The summed E-state index contributed by atoms with van der Waals surface area (Å²) in [6.45, 7) is 7.62. The van der Waals surface area contributed by atoms with Gasteiger partial charge in [0, 0.05) is 30.9 Å². The molecule has 5 heteroatoms. The molecule has 1 heterocycles. The van der Waals surface area contributed by atoms with E-state index >= 15 is 0 Å². The molecule has 1 N–H and O–H groups in total. The van der Waals surface area contributed by atoms with Gasteiger partial charge in [-0.1, -0.05) is 18.2 Å². The second kappa shape index (κ2) is 10.0. The van der Waals surface area contributed by atoms with Crippen LogP contribution in [0.4, 0.5) is 5.69 Å². The molecular formula is C23H30N2O3. The van der Waals surface area contributed by atoms with Crippen LogP contribution < -0.4 is 19.7 Å². The van der Waals surface area contributed by atoms with E-state index in [9.17, 15) is 4.79 Å². The first-order valence-electron chi connectivity index (χ1n) is 10.2. The van der Waals surface area contributed by atoms with Crippen molar-refractivity contribution in [1.82, 2.24) is 5.32 Å². The summed E-state index contributed by atoms with van der Waals surface area (Å²) in [6, 6.07) is 14.0. The summed E-state index contributed by atoms with van der Waals surface area (Å²) in [5.74, 6) is 1.20. The largest absolute Gasteiger partial charge is 0.490 e. The number of amides is 1. The van der Waals surface area contributed by atoms with Crippen LogP contribution in [0.2, 0.25) is 0 Å². The van der Waals surface area contributed by atoms with Crippen molar-refractivity contribution in [1.29, 1.82) is 0 Å². The highest BCUT2D eigenvalue weighted by molar-refractivity contribution is 5.94. The van der Waals surface area contributed by atoms with Gasteiger partial charge in [0.25, 0.3) is 5.91 Å². The van der Waals surface area contributed by atoms with Gasteiger partial charge in [-0.15, -0.1) is 0 Å². The zero-order chi connectivity index (χ0) is 19.8. The van der Waals surface area contributed by atoms with Crippen molar-refractivity contribution in [3.63, 3.8) is 0 Å². The molecule has 0 saturated carbocycles. The molecule has 1 amide bonds. The Morgan fingerprint density at radius 3 is 2.68 bits per heavy atom. The third kappa shape index (κ3) is 4.97. The Labute approximate surface area is 167 Å². The van der Waals surface area contributed by atoms with E-state index in [1.165, 1.54) is 17.7 Å². The summed E-state index contributed by atoms with van der Waals surface area (Å²) in [7, 11) is 0. The average molecular weight is 383 g/mol. The van der Waals surface area contributed by atoms with Gasteiger partial charge in [-0.3, -0.25) is 4.79 Å². The fraction of sp³-hybridized carbons (Fsp3) is 0.435. The van der Waals surface area contributed by atoms with Gasteiger partial charge in [-0.2, -0.15) is 0 Å². The number of fused-ring (bicyclic) bond motifs is 1. The Morgan fingerprint density at radius 1 is 1.07 bits per heavy atom. The highest BCUT2D eigenvalue weighted by atomic mass is 16.5. The molecule has 0 fully saturated rings. The van der Waals surface area contributed by atoms with Crippen LogP contribution in [0.3, 0.4) is 0 Å². The molecule has 0 atom stereocenters. The number of benzene rings is 2. The van der Waals surface area contributed by atoms with E-state index in [2.05, 4.69) is 34.5 Å². The van der Waals surface area contributed by atoms with Gasteiger partial charge in [0.2, 0.25) is 0 Å². The molecule has 0 aromatic heterocycles. The molecule has 1 aliphatic rings. The van der Waals surface area contributed by atoms with Crippen molar-refractivity contribution in [2.24, 2.45) is 0 Å². The number of para-hydroxylation sites is 1. The molecule has 2 aromatic rings. The van der Waals surface area contributed by atoms with Crippen LogP contribution in [0.5, 0.6) is 11.5 Å². The number of rotatable bonds is 9. The Bertz CT molecular complexity index is 791. The predicted octanol–water partition coefficient (Wildman–Crippen LogP) is 4.06. The minimum absolute atomic E-state index is 0.0805. The van der Waals surface area contributed by atoms with E-state index in [0.29, 0.717) is 36.8 Å². The summed E-state index contributed by atoms with van der Waals surface area (Å²) in [5, 5.41) is 3.02. The normalized spacial score (nSPS) is 13.0. The second-order valence-corrected chi connectivity index (χ2v) is 6.86. The molecule has 0 spiro atoms. The lowest BCUT2D eigenvalue weighted by molar-refractivity contribution is 0.0953. The molecule has 2 aromatic carbocycles. The number of nitrogens with one attached hydrogen (secondary N) is 1. The maximum Gasteiger partial charge on any atom is 0.251 e. The molecule has 0 radical (unpaired) electrons. The monoisotopic (exact) mass is 382 g/mol. The number of hydrogen-bond donors (Lipinski definition) is 1. The molecular weight excluding hydrogens is 352 g/mol. The smallest absolute Gasteiger partial charge is 0.251 e. The van der Waals surface area contributed by atoms with Gasteiger partial charge >= 0.3 is 0 Å². The van der Waals surface area contributed by atoms with Crippen LogP contribution in [0.15, 0.2) is 42.5 Å². The molecule has 0 bridgehead atoms. The highest BCUT2D eigenvalue weighted by Gasteiger charge is 2.16. The summed E-state index contributed by atoms with van der Waals surface area (Å²) in [5.41, 5.74) is 3.36. The van der Waals surface area contributed by atoms with Crippen LogP contribution in [-0.4, -0.2) is 38.8 Å². The van der Waals surface area contributed by atoms with Crippen molar-refractivity contribution in [3.8, 4) is 11.5 Å². The van der Waals surface area contributed by atoms with Crippen molar-refractivity contribution in [2.45, 2.75) is 33.1 Å². The van der Waals surface area contributed by atoms with Gasteiger partial charge in [-0.05, 0) is 62.9 Å². The lowest BCUT2D eigenvalue weighted by Crippen LogP contribution is -2.33. The topological polar surface area (TPSA) is 50.8 Å². The Kier molecular flexibility index (Phi) is 7.18. The number of carbonyl (C=O) groups excluding carboxylic acids is 1. The standard InChI is InChI=1S/C23H30N2O3/c1-3-27-21-13-12-19(17-22(21)28-4-2)23(26)24-14-8-16-25-15-7-10-18-9-5-6-11-20(18)25/h5-6,9,11-13,17H,3-4,7-8,10,14-16H2,1-2H3,(H,24,26). The minimum atomic E-state index is -0.0805. The molecule has 0 unspecified atom stereocenters. The van der Waals surface area contributed by atoms with Gasteiger partial charge in [0.05, 0.1) is 13.2 Å². The van der Waals surface area contributed by atoms with Crippen LogP contribution in [-0.2, 0) is 6.42 Å². The number of nitrogens with zero attached hydrogens (tertiary/aromatic N) is 1. The minimum Gasteiger partial charge on any atom is -0.490 e. The maximum absolute atomic E-state index is 12.5. The van der Waals surface area contributed by atoms with E-state index in [4.69, 9.17) is 9.47 Å². The predicted molar refractivity (Wildman–Crippen MR) is 113 cm³/mol. The Balaban J connectivity index is 1.52. The fourth-order valence-electron chi connectivity index (χ4n) is 3.61. The molecule has 5 nitrogen and oxygen atoms in total. The van der Waals surface area contributed by atoms with Gasteiger partial charge < -0.3 is 19.7 Å². The summed E-state index contributed by atoms with van der Waals surface area (Å²) in [6.07, 6.45) is 3.26. The highest BCUT2D eigenvalue weighted by Crippen LogP contribution is 2.29. The Morgan fingerprint density at radius 2 is 1.86 bits per heavy atom. The quantitative estimate of drug-likeness (QED) is 0.665. The Hall–Kier alpha value is -2.69. The average Bonchev–Trinajstić information content (AvgIpc) is 2.72. The van der Waals surface area contributed by atoms with E-state index < -0.39 is 0 Å². The zero-order valence-electron chi connectivity index (χ0n) is 16.9. The van der Waals surface area contributed by atoms with Crippen LogP contribution >= 0.6 is 0 Å². The fourth-order valence-corrected chi connectivity index (χ4v) is 3.61. The first-order valence-corrected chi connectivity index (χ1v) is 10.2. The molecule has 1 aliphatic heterocycles. The van der Waals surface area contributed by atoms with E-state index in [1.807, 2.05) is 13.8 Å². The molecule has 150 valence electrons. The maximum atomic E-state index is 12.5. The SMILES string of the molecule is CCOc1ccc(C(=O)NCCCN2CCCc3ccccc32)cc1OCC. The van der Waals surface area contributed by atoms with Gasteiger partial charge in [-0.25, -0.2) is 0 Å². The van der Waals surface area contributed by atoms with Gasteiger partial charge in [0.15, 0.2) is 11.5 Å². The zero-order valence-corrected chi connectivity index (χ0v) is 16.9. The van der Waals surface area contributed by atoms with Crippen molar-refractivity contribution >= 4 is 11.6 Å². The molecule has 0 aliphatic carbocycles. The van der Waals surface area contributed by atoms with Crippen LogP contribution in [0, 0.1) is 0 Å². The second-order valence-electron chi connectivity index (χ2n) is 6.86. The third-order valence-corrected chi connectivity index (χ3v) is 4.90. The number of carbonyl (C=O) groups is 1. The first-order chi connectivity index (χ1) is 13.7. The lowest BCUT2D eigenvalue weighted by Gasteiger charge is -2.31. The molecule has 3 rings (SSSR count). The van der Waals surface area contributed by atoms with Crippen molar-refractivity contribution < 1.29 is 14.3 Å². The van der Waals surface area contributed by atoms with Gasteiger partial charge in [0.1, 0.15) is 0 Å². The number of aryl methyl sites for hydroxylation is 1. The first kappa shape index (κ1) is 20.1. The summed E-state index contributed by atoms with van der Waals surface area (Å²) in [4.78, 5) is 14.9. The number of anilines is 1.